The van der Waals surface area contributed by atoms with Crippen molar-refractivity contribution in [3.8, 4) is 5.75 Å². The van der Waals surface area contributed by atoms with E-state index in [1.54, 1.807) is 31.6 Å². The first kappa shape index (κ1) is 15.7. The number of nitrogens with zero attached hydrogens (tertiary/aromatic N) is 1. The number of nitrogens with one attached hydrogen (secondary N) is 2. The minimum Gasteiger partial charge on any atom is -0.497 e. The van der Waals surface area contributed by atoms with E-state index in [9.17, 15) is 9.59 Å². The van der Waals surface area contributed by atoms with Crippen LogP contribution in [0.4, 0.5) is 17.1 Å². The molecule has 0 aliphatic rings. The van der Waals surface area contributed by atoms with Gasteiger partial charge in [-0.3, -0.25) is 14.6 Å². The third-order valence-corrected chi connectivity index (χ3v) is 3.81. The van der Waals surface area contributed by atoms with Crippen LogP contribution in [0.1, 0.15) is 18.5 Å². The van der Waals surface area contributed by atoms with Gasteiger partial charge in [0.05, 0.1) is 7.11 Å². The van der Waals surface area contributed by atoms with E-state index in [1.165, 1.54) is 0 Å². The second-order valence-electron chi connectivity index (χ2n) is 5.41. The molecule has 6 nitrogen and oxygen atoms in total. The second-order valence-corrected chi connectivity index (χ2v) is 5.41. The molecule has 24 heavy (non-hydrogen) atoms. The van der Waals surface area contributed by atoms with E-state index in [1.807, 2.05) is 31.2 Å². The smallest absolute Gasteiger partial charge is 0.253 e. The van der Waals surface area contributed by atoms with Crippen LogP contribution >= 0.6 is 0 Å². The van der Waals surface area contributed by atoms with Crippen molar-refractivity contribution in [2.24, 2.45) is 0 Å². The molecule has 0 unspecified atom stereocenters. The zero-order chi connectivity index (χ0) is 17.1. The molecule has 0 aliphatic carbocycles. The van der Waals surface area contributed by atoms with Crippen molar-refractivity contribution in [3.05, 3.63) is 74.8 Å². The van der Waals surface area contributed by atoms with Crippen molar-refractivity contribution in [2.45, 2.75) is 13.0 Å². The molecular formula is C18H17N3O3. The minimum absolute atomic E-state index is 0.151. The zero-order valence-electron chi connectivity index (χ0n) is 13.4. The molecule has 0 radical (unpaired) electrons. The number of ether oxygens (including phenoxy) is 1. The Morgan fingerprint density at radius 2 is 1.75 bits per heavy atom. The first-order chi connectivity index (χ1) is 11.6. The summed E-state index contributed by atoms with van der Waals surface area (Å²) in [4.78, 5) is 27.7. The molecule has 0 saturated heterocycles. The molecule has 0 saturated carbocycles. The molecule has 0 bridgehead atoms. The summed E-state index contributed by atoms with van der Waals surface area (Å²) in [5.74, 6) is 0.737. The predicted octanol–water partition coefficient (Wildman–Crippen LogP) is 2.60. The van der Waals surface area contributed by atoms with Crippen molar-refractivity contribution in [1.82, 2.24) is 4.98 Å². The quantitative estimate of drug-likeness (QED) is 0.679. The molecule has 2 N–H and O–H groups in total. The summed E-state index contributed by atoms with van der Waals surface area (Å²) in [5, 5.41) is 6.08. The van der Waals surface area contributed by atoms with Gasteiger partial charge < -0.3 is 15.4 Å². The van der Waals surface area contributed by atoms with Gasteiger partial charge in [-0.25, -0.2) is 0 Å². The third kappa shape index (κ3) is 2.99. The number of benzene rings is 1. The highest BCUT2D eigenvalue weighted by atomic mass is 16.5. The fourth-order valence-corrected chi connectivity index (χ4v) is 2.44. The Hall–Kier alpha value is -3.15. The first-order valence-corrected chi connectivity index (χ1v) is 7.51. The number of hydrogen-bond donors (Lipinski definition) is 2. The maximum atomic E-state index is 11.9. The normalized spacial score (nSPS) is 11.9. The Labute approximate surface area is 138 Å². The molecule has 1 heterocycles. The zero-order valence-corrected chi connectivity index (χ0v) is 13.4. The van der Waals surface area contributed by atoms with Gasteiger partial charge in [0.25, 0.3) is 10.9 Å². The molecule has 0 aliphatic heterocycles. The Balaban J connectivity index is 1.81. The van der Waals surface area contributed by atoms with Crippen LogP contribution < -0.4 is 26.2 Å². The summed E-state index contributed by atoms with van der Waals surface area (Å²) >= 11 is 0. The van der Waals surface area contributed by atoms with Gasteiger partial charge in [-0.2, -0.15) is 0 Å². The van der Waals surface area contributed by atoms with Gasteiger partial charge >= 0.3 is 0 Å². The van der Waals surface area contributed by atoms with Crippen LogP contribution in [0.2, 0.25) is 0 Å². The first-order valence-electron chi connectivity index (χ1n) is 7.51. The van der Waals surface area contributed by atoms with E-state index < -0.39 is 10.9 Å². The summed E-state index contributed by atoms with van der Waals surface area (Å²) in [5.41, 5.74) is 1.20. The Morgan fingerprint density at radius 3 is 2.46 bits per heavy atom. The number of pyridine rings is 1. The average molecular weight is 323 g/mol. The van der Waals surface area contributed by atoms with Gasteiger partial charge in [0.2, 0.25) is 0 Å². The molecule has 0 amide bonds. The molecule has 2 aromatic carbocycles. The van der Waals surface area contributed by atoms with Crippen LogP contribution in [0.15, 0.2) is 58.4 Å². The molecule has 0 spiro atoms. The van der Waals surface area contributed by atoms with E-state index in [-0.39, 0.29) is 11.7 Å². The summed E-state index contributed by atoms with van der Waals surface area (Å²) in [6.07, 6.45) is 3.22. The highest BCUT2D eigenvalue weighted by molar-refractivity contribution is 5.78. The maximum absolute atomic E-state index is 11.9. The molecule has 1 atom stereocenters. The van der Waals surface area contributed by atoms with Crippen molar-refractivity contribution >= 4 is 17.1 Å². The Bertz CT molecular complexity index is 915. The van der Waals surface area contributed by atoms with Gasteiger partial charge in [-0.05, 0) is 36.8 Å². The number of rotatable bonds is 6. The lowest BCUT2D eigenvalue weighted by atomic mass is 10.1. The lowest BCUT2D eigenvalue weighted by Crippen LogP contribution is -2.37. The molecule has 6 heteroatoms. The van der Waals surface area contributed by atoms with Crippen molar-refractivity contribution in [3.63, 3.8) is 0 Å². The van der Waals surface area contributed by atoms with E-state index in [0.717, 1.165) is 11.3 Å². The minimum atomic E-state index is -0.521. The molecule has 1 aromatic heterocycles. The monoisotopic (exact) mass is 323 g/mol. The summed E-state index contributed by atoms with van der Waals surface area (Å²) in [6.45, 7) is 1.92. The summed E-state index contributed by atoms with van der Waals surface area (Å²) in [6, 6.07) is 10.9. The van der Waals surface area contributed by atoms with Crippen molar-refractivity contribution in [1.29, 1.82) is 0 Å². The molecule has 3 aromatic rings. The largest absolute Gasteiger partial charge is 0.497 e. The van der Waals surface area contributed by atoms with E-state index in [0.29, 0.717) is 11.4 Å². The van der Waals surface area contributed by atoms with Crippen LogP contribution in [0.3, 0.4) is 0 Å². The summed E-state index contributed by atoms with van der Waals surface area (Å²) in [7, 11) is 1.60. The molecule has 3 rings (SSSR count). The van der Waals surface area contributed by atoms with Gasteiger partial charge in [0.1, 0.15) is 17.1 Å². The van der Waals surface area contributed by atoms with Gasteiger partial charge in [0, 0.05) is 24.1 Å². The molecule has 122 valence electrons. The highest BCUT2D eigenvalue weighted by Crippen LogP contribution is 2.26. The van der Waals surface area contributed by atoms with Crippen molar-refractivity contribution < 1.29 is 4.74 Å². The van der Waals surface area contributed by atoms with Crippen LogP contribution in [-0.4, -0.2) is 12.1 Å². The van der Waals surface area contributed by atoms with E-state index in [4.69, 9.17) is 4.74 Å². The van der Waals surface area contributed by atoms with Gasteiger partial charge in [0.15, 0.2) is 0 Å². The van der Waals surface area contributed by atoms with Crippen LogP contribution in [0, 0.1) is 0 Å². The van der Waals surface area contributed by atoms with Gasteiger partial charge in [-0.15, -0.1) is 0 Å². The second kappa shape index (κ2) is 6.54. The number of hydrogen-bond acceptors (Lipinski definition) is 6. The SMILES string of the molecule is COc1cccc([C@@H](C)Nc2c(Nc3ccncc3)c(=O)c2=O)c1. The average Bonchev–Trinajstić information content (AvgIpc) is 2.64. The number of aromatic nitrogens is 1. The highest BCUT2D eigenvalue weighted by Gasteiger charge is 2.22. The summed E-state index contributed by atoms with van der Waals surface area (Å²) < 4.78 is 5.21. The standard InChI is InChI=1S/C18H17N3O3/c1-11(12-4-3-5-14(10-12)24-2)20-15-16(18(23)17(15)22)21-13-6-8-19-9-7-13/h3-11,20H,1-2H3,(H,19,21)/t11-/m1/s1. The fourth-order valence-electron chi connectivity index (χ4n) is 2.44. The van der Waals surface area contributed by atoms with Crippen molar-refractivity contribution in [2.75, 3.05) is 17.7 Å². The topological polar surface area (TPSA) is 80.3 Å². The molecular weight excluding hydrogens is 306 g/mol. The van der Waals surface area contributed by atoms with Gasteiger partial charge in [-0.1, -0.05) is 12.1 Å². The maximum Gasteiger partial charge on any atom is 0.253 e. The predicted molar refractivity (Wildman–Crippen MR) is 93.9 cm³/mol. The van der Waals surface area contributed by atoms with E-state index >= 15 is 0 Å². The van der Waals surface area contributed by atoms with Crippen LogP contribution in [0.5, 0.6) is 5.75 Å². The van der Waals surface area contributed by atoms with Crippen LogP contribution in [-0.2, 0) is 0 Å². The lowest BCUT2D eigenvalue weighted by molar-refractivity contribution is 0.414. The Morgan fingerprint density at radius 1 is 1.04 bits per heavy atom. The number of methoxy groups -OCH3 is 1. The number of anilines is 3. The Kier molecular flexibility index (Phi) is 4.29. The van der Waals surface area contributed by atoms with E-state index in [2.05, 4.69) is 15.6 Å². The lowest BCUT2D eigenvalue weighted by Gasteiger charge is -2.20. The third-order valence-electron chi connectivity index (χ3n) is 3.81. The fraction of sp³-hybridized carbons (Fsp3) is 0.167. The van der Waals surface area contributed by atoms with Crippen LogP contribution in [0.25, 0.3) is 0 Å². The molecule has 0 fully saturated rings.